The molecule has 0 saturated carbocycles. The first-order valence-corrected chi connectivity index (χ1v) is 4.71. The molecule has 0 heterocycles. The van der Waals surface area contributed by atoms with Crippen molar-refractivity contribution in [3.05, 3.63) is 47.6 Å². The number of rotatable bonds is 4. The fourth-order valence-corrected chi connectivity index (χ4v) is 1.25. The molecule has 2 nitrogen and oxygen atoms in total. The number of allylic oxidation sites excluding steroid dienone is 3. The van der Waals surface area contributed by atoms with Gasteiger partial charge in [-0.1, -0.05) is 29.9 Å². The predicted molar refractivity (Wildman–Crippen MR) is 62.0 cm³/mol. The number of ether oxygens (including phenoxy) is 1. The Bertz CT molecular complexity index is 390. The molecule has 78 valence electrons. The maximum atomic E-state index is 10.0. The molecule has 1 rings (SSSR count). The molecule has 0 bridgehead atoms. The highest BCUT2D eigenvalue weighted by Crippen LogP contribution is 2.20. The fraction of sp³-hybridized carbons (Fsp3) is 0.154. The normalized spacial score (nSPS) is 11.1. The molecule has 1 aromatic carbocycles. The van der Waals surface area contributed by atoms with Crippen molar-refractivity contribution in [1.82, 2.24) is 0 Å². The zero-order valence-corrected chi connectivity index (χ0v) is 8.94. The first-order valence-electron chi connectivity index (χ1n) is 4.71. The van der Waals surface area contributed by atoms with E-state index in [9.17, 15) is 4.79 Å². The number of methoxy groups -OCH3 is 1. The second-order valence-corrected chi connectivity index (χ2v) is 3.13. The molecule has 2 heteroatoms. The van der Waals surface area contributed by atoms with E-state index in [4.69, 9.17) is 4.74 Å². The van der Waals surface area contributed by atoms with Gasteiger partial charge in [0.2, 0.25) is 0 Å². The van der Waals surface area contributed by atoms with E-state index in [1.807, 2.05) is 37.3 Å². The fourth-order valence-electron chi connectivity index (χ4n) is 1.25. The molecule has 0 radical (unpaired) electrons. The van der Waals surface area contributed by atoms with Crippen LogP contribution in [0.3, 0.4) is 0 Å². The van der Waals surface area contributed by atoms with Crippen LogP contribution >= 0.6 is 0 Å². The summed E-state index contributed by atoms with van der Waals surface area (Å²) in [5.41, 5.74) is 2.18. The summed E-state index contributed by atoms with van der Waals surface area (Å²) in [5.74, 6) is 0.830. The highest BCUT2D eigenvalue weighted by Gasteiger charge is 1.97. The van der Waals surface area contributed by atoms with Gasteiger partial charge < -0.3 is 4.74 Å². The molecule has 0 saturated heterocycles. The molecule has 0 N–H and O–H groups in total. The number of hydrogen-bond donors (Lipinski definition) is 0. The van der Waals surface area contributed by atoms with Crippen LogP contribution in [0.15, 0.2) is 36.4 Å². The molecule has 0 aliphatic carbocycles. The van der Waals surface area contributed by atoms with Crippen LogP contribution in [0.5, 0.6) is 5.75 Å². The first kappa shape index (κ1) is 11.2. The van der Waals surface area contributed by atoms with Gasteiger partial charge in [0.25, 0.3) is 0 Å². The van der Waals surface area contributed by atoms with Crippen molar-refractivity contribution in [2.75, 3.05) is 7.11 Å². The Morgan fingerprint density at radius 1 is 1.20 bits per heavy atom. The van der Waals surface area contributed by atoms with Gasteiger partial charge in [0.05, 0.1) is 7.11 Å². The Labute approximate surface area is 89.9 Å². The summed E-state index contributed by atoms with van der Waals surface area (Å²) >= 11 is 0. The summed E-state index contributed by atoms with van der Waals surface area (Å²) in [6.45, 7) is 2.03. The van der Waals surface area contributed by atoms with E-state index in [1.54, 1.807) is 13.2 Å². The van der Waals surface area contributed by atoms with E-state index in [1.165, 1.54) is 11.6 Å². The van der Waals surface area contributed by atoms with Crippen LogP contribution < -0.4 is 4.74 Å². The lowest BCUT2D eigenvalue weighted by atomic mass is 10.1. The van der Waals surface area contributed by atoms with Crippen molar-refractivity contribution in [3.8, 4) is 5.75 Å². The van der Waals surface area contributed by atoms with Crippen LogP contribution in [0.2, 0.25) is 0 Å². The Hall–Kier alpha value is -1.83. The van der Waals surface area contributed by atoms with E-state index >= 15 is 0 Å². The molecule has 0 aromatic heterocycles. The van der Waals surface area contributed by atoms with Crippen LogP contribution in [0, 0.1) is 6.92 Å². The van der Waals surface area contributed by atoms with Crippen molar-refractivity contribution in [2.24, 2.45) is 0 Å². The Kier molecular flexibility index (Phi) is 4.35. The third kappa shape index (κ3) is 3.43. The van der Waals surface area contributed by atoms with E-state index in [0.29, 0.717) is 0 Å². The largest absolute Gasteiger partial charge is 0.496 e. The van der Waals surface area contributed by atoms with Crippen molar-refractivity contribution in [3.63, 3.8) is 0 Å². The maximum absolute atomic E-state index is 10.0. The summed E-state index contributed by atoms with van der Waals surface area (Å²) in [7, 11) is 1.64. The van der Waals surface area contributed by atoms with Gasteiger partial charge in [-0.05, 0) is 25.1 Å². The molecule has 0 aliphatic rings. The lowest BCUT2D eigenvalue weighted by Crippen LogP contribution is -1.87. The van der Waals surface area contributed by atoms with E-state index in [2.05, 4.69) is 0 Å². The average molecular weight is 202 g/mol. The van der Waals surface area contributed by atoms with Crippen molar-refractivity contribution >= 4 is 12.4 Å². The predicted octanol–water partition coefficient (Wildman–Crippen LogP) is 2.77. The first-order chi connectivity index (χ1) is 7.27. The third-order valence-electron chi connectivity index (χ3n) is 1.96. The summed E-state index contributed by atoms with van der Waals surface area (Å²) in [4.78, 5) is 10.0. The molecule has 0 fully saturated rings. The van der Waals surface area contributed by atoms with Gasteiger partial charge in [-0.3, -0.25) is 4.79 Å². The van der Waals surface area contributed by atoms with Crippen molar-refractivity contribution in [1.29, 1.82) is 0 Å². The van der Waals surface area contributed by atoms with Crippen LogP contribution in [-0.2, 0) is 4.79 Å². The zero-order valence-electron chi connectivity index (χ0n) is 8.94. The van der Waals surface area contributed by atoms with Gasteiger partial charge >= 0.3 is 0 Å². The molecule has 0 unspecified atom stereocenters. The number of carbonyl (C=O) groups is 1. The van der Waals surface area contributed by atoms with Crippen LogP contribution in [-0.4, -0.2) is 13.4 Å². The number of benzene rings is 1. The molecule has 0 atom stereocenters. The summed E-state index contributed by atoms with van der Waals surface area (Å²) in [6.07, 6.45) is 7.60. The summed E-state index contributed by atoms with van der Waals surface area (Å²) in [5, 5.41) is 0. The minimum atomic E-state index is 0.748. The number of aryl methyl sites for hydroxylation is 1. The second kappa shape index (κ2) is 5.81. The zero-order chi connectivity index (χ0) is 11.1. The van der Waals surface area contributed by atoms with Crippen LogP contribution in [0.4, 0.5) is 0 Å². The molecule has 0 aliphatic heterocycles. The lowest BCUT2D eigenvalue weighted by molar-refractivity contribution is -0.104. The number of hydrogen-bond acceptors (Lipinski definition) is 2. The van der Waals surface area contributed by atoms with Crippen LogP contribution in [0.25, 0.3) is 6.08 Å². The summed E-state index contributed by atoms with van der Waals surface area (Å²) < 4.78 is 5.21. The number of aldehydes is 1. The molecule has 15 heavy (non-hydrogen) atoms. The standard InChI is InChI=1S/C13H14O2/c1-11-7-8-13(15-2)12(10-11)6-4-3-5-9-14/h3-10H,1-2H3/b5-3+,6-4+. The average Bonchev–Trinajstić information content (AvgIpc) is 2.25. The lowest BCUT2D eigenvalue weighted by Gasteiger charge is -2.04. The van der Waals surface area contributed by atoms with Crippen molar-refractivity contribution < 1.29 is 9.53 Å². The van der Waals surface area contributed by atoms with Crippen molar-refractivity contribution in [2.45, 2.75) is 6.92 Å². The van der Waals surface area contributed by atoms with E-state index < -0.39 is 0 Å². The molecular weight excluding hydrogens is 188 g/mol. The number of carbonyl (C=O) groups excluding carboxylic acids is 1. The van der Waals surface area contributed by atoms with Crippen LogP contribution in [0.1, 0.15) is 11.1 Å². The Morgan fingerprint density at radius 2 is 2.00 bits per heavy atom. The van der Waals surface area contributed by atoms with Gasteiger partial charge in [-0.15, -0.1) is 0 Å². The smallest absolute Gasteiger partial charge is 0.142 e. The monoisotopic (exact) mass is 202 g/mol. The maximum Gasteiger partial charge on any atom is 0.142 e. The Balaban J connectivity index is 2.91. The second-order valence-electron chi connectivity index (χ2n) is 3.13. The third-order valence-corrected chi connectivity index (χ3v) is 1.96. The highest BCUT2D eigenvalue weighted by molar-refractivity contribution is 5.67. The van der Waals surface area contributed by atoms with E-state index in [-0.39, 0.29) is 0 Å². The molecule has 1 aromatic rings. The molecule has 0 amide bonds. The SMILES string of the molecule is COc1ccc(C)cc1/C=C/C=C/C=O. The Morgan fingerprint density at radius 3 is 2.67 bits per heavy atom. The van der Waals surface area contributed by atoms with Gasteiger partial charge in [0.15, 0.2) is 0 Å². The topological polar surface area (TPSA) is 26.3 Å². The molecule has 0 spiro atoms. The van der Waals surface area contributed by atoms with E-state index in [0.717, 1.165) is 17.6 Å². The minimum Gasteiger partial charge on any atom is -0.496 e. The van der Waals surface area contributed by atoms with Gasteiger partial charge in [0.1, 0.15) is 12.0 Å². The summed E-state index contributed by atoms with van der Waals surface area (Å²) in [6, 6.07) is 5.96. The quantitative estimate of drug-likeness (QED) is 0.426. The highest BCUT2D eigenvalue weighted by atomic mass is 16.5. The molecular formula is C13H14O2. The minimum absolute atomic E-state index is 0.748. The van der Waals surface area contributed by atoms with Gasteiger partial charge in [-0.2, -0.15) is 0 Å². The van der Waals surface area contributed by atoms with Gasteiger partial charge in [0, 0.05) is 5.56 Å². The van der Waals surface area contributed by atoms with Gasteiger partial charge in [-0.25, -0.2) is 0 Å².